The van der Waals surface area contributed by atoms with Crippen LogP contribution in [-0.2, 0) is 16.6 Å². The number of aryl methyl sites for hydroxylation is 1. The van der Waals surface area contributed by atoms with Gasteiger partial charge in [-0.2, -0.15) is 5.10 Å². The highest BCUT2D eigenvalue weighted by atomic mass is 16.5. The first-order valence-electron chi connectivity index (χ1n) is 12.4. The molecule has 5 rings (SSSR count). The Hall–Kier alpha value is -2.75. The SMILES string of the molecule is Cn1ncc2c1C(=O)Nc1ccccc1N2C(=O)CCCN1CCOCC1CN1CCCCC1. The van der Waals surface area contributed by atoms with E-state index in [0.717, 1.165) is 39.3 Å². The molecule has 4 heterocycles. The Bertz CT molecular complexity index is 1030. The molecule has 2 aromatic rings. The van der Waals surface area contributed by atoms with Crippen molar-refractivity contribution in [2.24, 2.45) is 7.05 Å². The van der Waals surface area contributed by atoms with E-state index in [9.17, 15) is 9.59 Å². The van der Waals surface area contributed by atoms with Gasteiger partial charge in [0.25, 0.3) is 5.91 Å². The van der Waals surface area contributed by atoms with Gasteiger partial charge in [-0.1, -0.05) is 18.6 Å². The maximum absolute atomic E-state index is 13.5. The summed E-state index contributed by atoms with van der Waals surface area (Å²) >= 11 is 0. The lowest BCUT2D eigenvalue weighted by atomic mass is 10.1. The third kappa shape index (κ3) is 4.73. The molecule has 1 N–H and O–H groups in total. The van der Waals surface area contributed by atoms with Crippen molar-refractivity contribution < 1.29 is 14.3 Å². The summed E-state index contributed by atoms with van der Waals surface area (Å²) in [4.78, 5) is 33.0. The number of morpholine rings is 1. The number of carbonyl (C=O) groups is 2. The maximum Gasteiger partial charge on any atom is 0.276 e. The minimum absolute atomic E-state index is 0.0287. The van der Waals surface area contributed by atoms with Crippen LogP contribution in [0.25, 0.3) is 0 Å². The van der Waals surface area contributed by atoms with Crippen LogP contribution >= 0.6 is 0 Å². The number of aromatic nitrogens is 2. The van der Waals surface area contributed by atoms with Crippen LogP contribution in [0.15, 0.2) is 30.5 Å². The lowest BCUT2D eigenvalue weighted by molar-refractivity contribution is -0.118. The molecule has 1 unspecified atom stereocenters. The molecular formula is C25H34N6O3. The summed E-state index contributed by atoms with van der Waals surface area (Å²) < 4.78 is 7.31. The molecule has 2 amide bonds. The predicted octanol–water partition coefficient (Wildman–Crippen LogP) is 2.62. The van der Waals surface area contributed by atoms with Crippen molar-refractivity contribution in [3.05, 3.63) is 36.2 Å². The van der Waals surface area contributed by atoms with E-state index < -0.39 is 0 Å². The van der Waals surface area contributed by atoms with Crippen molar-refractivity contribution in [3.63, 3.8) is 0 Å². The highest BCUT2D eigenvalue weighted by Crippen LogP contribution is 2.38. The number of hydrogen-bond acceptors (Lipinski definition) is 6. The fourth-order valence-corrected chi connectivity index (χ4v) is 5.34. The molecule has 0 spiro atoms. The van der Waals surface area contributed by atoms with Gasteiger partial charge in [0, 0.05) is 32.6 Å². The fraction of sp³-hybridized carbons (Fsp3) is 0.560. The molecule has 9 heteroatoms. The van der Waals surface area contributed by atoms with Crippen LogP contribution in [-0.4, -0.2) is 83.4 Å². The van der Waals surface area contributed by atoms with Crippen molar-refractivity contribution in [3.8, 4) is 0 Å². The first kappa shape index (κ1) is 23.0. The second kappa shape index (κ2) is 10.2. The molecule has 1 atom stereocenters. The molecule has 2 saturated heterocycles. The molecule has 9 nitrogen and oxygen atoms in total. The van der Waals surface area contributed by atoms with Crippen molar-refractivity contribution in [1.29, 1.82) is 0 Å². The fourth-order valence-electron chi connectivity index (χ4n) is 5.34. The average Bonchev–Trinajstić information content (AvgIpc) is 3.17. The van der Waals surface area contributed by atoms with Crippen LogP contribution in [0.1, 0.15) is 42.6 Å². The molecule has 182 valence electrons. The number of ether oxygens (including phenoxy) is 1. The topological polar surface area (TPSA) is 82.9 Å². The van der Waals surface area contributed by atoms with Gasteiger partial charge in [-0.25, -0.2) is 0 Å². The third-order valence-corrected chi connectivity index (χ3v) is 7.12. The Morgan fingerprint density at radius 2 is 1.97 bits per heavy atom. The lowest BCUT2D eigenvalue weighted by Crippen LogP contribution is -2.52. The van der Waals surface area contributed by atoms with Crippen molar-refractivity contribution in [2.75, 3.05) is 56.2 Å². The smallest absolute Gasteiger partial charge is 0.276 e. The zero-order valence-corrected chi connectivity index (χ0v) is 19.9. The molecule has 1 aromatic heterocycles. The molecule has 0 radical (unpaired) electrons. The quantitative estimate of drug-likeness (QED) is 0.705. The largest absolute Gasteiger partial charge is 0.378 e. The van der Waals surface area contributed by atoms with Crippen LogP contribution in [0.4, 0.5) is 17.1 Å². The standard InChI is InChI=1S/C25H34N6O3/c1-28-24-22(16-26-28)31(21-9-4-3-8-20(21)27-25(24)33)23(32)10-7-13-30-14-15-34-18-19(30)17-29-11-5-2-6-12-29/h3-4,8-9,16,19H,2,5-7,10-15,17-18H2,1H3,(H,27,33). The molecule has 3 aliphatic rings. The van der Waals surface area contributed by atoms with Crippen LogP contribution in [0.2, 0.25) is 0 Å². The molecule has 0 saturated carbocycles. The summed E-state index contributed by atoms with van der Waals surface area (Å²) in [6, 6.07) is 7.81. The summed E-state index contributed by atoms with van der Waals surface area (Å²) in [5.74, 6) is -0.286. The van der Waals surface area contributed by atoms with Gasteiger partial charge in [0.15, 0.2) is 0 Å². The van der Waals surface area contributed by atoms with Gasteiger partial charge in [0.2, 0.25) is 5.91 Å². The van der Waals surface area contributed by atoms with Gasteiger partial charge in [-0.05, 0) is 51.0 Å². The van der Waals surface area contributed by atoms with Crippen molar-refractivity contribution in [2.45, 2.75) is 38.1 Å². The molecular weight excluding hydrogens is 432 g/mol. The van der Waals surface area contributed by atoms with Gasteiger partial charge in [-0.15, -0.1) is 0 Å². The summed E-state index contributed by atoms with van der Waals surface area (Å²) in [5.41, 5.74) is 2.23. The number of rotatable bonds is 6. The molecule has 34 heavy (non-hydrogen) atoms. The predicted molar refractivity (Wildman–Crippen MR) is 130 cm³/mol. The number of fused-ring (bicyclic) bond motifs is 2. The minimum atomic E-state index is -0.258. The Labute approximate surface area is 200 Å². The normalized spacial score (nSPS) is 21.5. The second-order valence-corrected chi connectivity index (χ2v) is 9.43. The minimum Gasteiger partial charge on any atom is -0.378 e. The Balaban J connectivity index is 1.27. The number of carbonyl (C=O) groups excluding carboxylic acids is 2. The van der Waals surface area contributed by atoms with Gasteiger partial charge in [0.1, 0.15) is 5.69 Å². The van der Waals surface area contributed by atoms with E-state index >= 15 is 0 Å². The molecule has 0 aliphatic carbocycles. The molecule has 1 aromatic carbocycles. The summed E-state index contributed by atoms with van der Waals surface area (Å²) in [5, 5.41) is 7.17. The molecule has 3 aliphatic heterocycles. The number of nitrogens with one attached hydrogen (secondary N) is 1. The first-order valence-corrected chi connectivity index (χ1v) is 12.4. The van der Waals surface area contributed by atoms with E-state index in [4.69, 9.17) is 4.74 Å². The van der Waals surface area contributed by atoms with E-state index in [1.807, 2.05) is 24.3 Å². The number of amides is 2. The summed E-state index contributed by atoms with van der Waals surface area (Å²) in [6.45, 7) is 6.67. The molecule has 0 bridgehead atoms. The van der Waals surface area contributed by atoms with Crippen LogP contribution < -0.4 is 10.2 Å². The van der Waals surface area contributed by atoms with Gasteiger partial charge >= 0.3 is 0 Å². The van der Waals surface area contributed by atoms with Gasteiger partial charge in [0.05, 0.1) is 36.5 Å². The molecule has 2 fully saturated rings. The van der Waals surface area contributed by atoms with Gasteiger partial charge in [-0.3, -0.25) is 24.1 Å². The Kier molecular flexibility index (Phi) is 6.94. The van der Waals surface area contributed by atoms with Crippen LogP contribution in [0.3, 0.4) is 0 Å². The highest BCUT2D eigenvalue weighted by Gasteiger charge is 2.32. The van der Waals surface area contributed by atoms with E-state index in [1.165, 1.54) is 37.0 Å². The average molecular weight is 467 g/mol. The highest BCUT2D eigenvalue weighted by molar-refractivity contribution is 6.16. The monoisotopic (exact) mass is 466 g/mol. The zero-order chi connectivity index (χ0) is 23.5. The number of piperidine rings is 1. The van der Waals surface area contributed by atoms with E-state index in [1.54, 1.807) is 18.1 Å². The van der Waals surface area contributed by atoms with Gasteiger partial charge < -0.3 is 15.0 Å². The van der Waals surface area contributed by atoms with Crippen LogP contribution in [0, 0.1) is 0 Å². The maximum atomic E-state index is 13.5. The summed E-state index contributed by atoms with van der Waals surface area (Å²) in [6.07, 6.45) is 6.66. The number of hydrogen-bond donors (Lipinski definition) is 1. The second-order valence-electron chi connectivity index (χ2n) is 9.43. The van der Waals surface area contributed by atoms with Crippen molar-refractivity contribution in [1.82, 2.24) is 19.6 Å². The number of benzene rings is 1. The lowest BCUT2D eigenvalue weighted by Gasteiger charge is -2.39. The zero-order valence-electron chi connectivity index (χ0n) is 19.9. The van der Waals surface area contributed by atoms with E-state index in [0.29, 0.717) is 35.2 Å². The van der Waals surface area contributed by atoms with Crippen molar-refractivity contribution >= 4 is 28.9 Å². The number of likely N-dealkylation sites (tertiary alicyclic amines) is 1. The first-order chi connectivity index (χ1) is 16.6. The summed E-state index contributed by atoms with van der Waals surface area (Å²) in [7, 11) is 1.72. The van der Waals surface area contributed by atoms with E-state index in [2.05, 4.69) is 20.2 Å². The number of anilines is 3. The van der Waals surface area contributed by atoms with E-state index in [-0.39, 0.29) is 11.8 Å². The third-order valence-electron chi connectivity index (χ3n) is 7.12. The Morgan fingerprint density at radius 1 is 1.15 bits per heavy atom. The van der Waals surface area contributed by atoms with Crippen LogP contribution in [0.5, 0.6) is 0 Å². The number of para-hydroxylation sites is 2. The number of nitrogens with zero attached hydrogens (tertiary/aromatic N) is 5. The Morgan fingerprint density at radius 3 is 2.82 bits per heavy atom.